The number of rotatable bonds is 6. The van der Waals surface area contributed by atoms with Crippen molar-refractivity contribution in [2.45, 2.75) is 32.9 Å². The van der Waals surface area contributed by atoms with Gasteiger partial charge in [-0.05, 0) is 87.0 Å². The summed E-state index contributed by atoms with van der Waals surface area (Å²) in [6.45, 7) is 5.73. The summed E-state index contributed by atoms with van der Waals surface area (Å²) in [5, 5.41) is 5.54. The maximum atomic E-state index is 12.9. The van der Waals surface area contributed by atoms with Crippen LogP contribution in [0, 0.1) is 0 Å². The molecule has 0 heterocycles. The zero-order chi connectivity index (χ0) is 25.6. The second kappa shape index (κ2) is 11.2. The number of carbonyl (C=O) groups excluding carboxylic acids is 3. The van der Waals surface area contributed by atoms with Crippen LogP contribution in [0.2, 0.25) is 0 Å². The van der Waals surface area contributed by atoms with Crippen molar-refractivity contribution in [3.05, 3.63) is 94.0 Å². The Morgan fingerprint density at radius 3 is 2.00 bits per heavy atom. The Morgan fingerprint density at radius 1 is 0.857 bits per heavy atom. The monoisotopic (exact) mass is 537 g/mol. The molecule has 7 nitrogen and oxygen atoms in total. The third-order valence-corrected chi connectivity index (χ3v) is 5.49. The molecule has 0 unspecified atom stereocenters. The number of nitrogens with one attached hydrogen (secondary N) is 2. The number of anilines is 2. The van der Waals surface area contributed by atoms with Gasteiger partial charge in [0.05, 0.1) is 0 Å². The van der Waals surface area contributed by atoms with E-state index in [4.69, 9.17) is 4.74 Å². The molecular weight excluding hydrogens is 510 g/mol. The van der Waals surface area contributed by atoms with Crippen molar-refractivity contribution in [2.24, 2.45) is 0 Å². The third-order valence-electron chi connectivity index (χ3n) is 4.96. The largest absolute Gasteiger partial charge is 0.444 e. The predicted molar refractivity (Wildman–Crippen MR) is 141 cm³/mol. The van der Waals surface area contributed by atoms with Crippen LogP contribution in [0.1, 0.15) is 47.1 Å². The topological polar surface area (TPSA) is 87.7 Å². The molecule has 0 aliphatic rings. The molecule has 3 rings (SSSR count). The lowest BCUT2D eigenvalue weighted by molar-refractivity contribution is 0.0523. The first-order valence-corrected chi connectivity index (χ1v) is 11.8. The Bertz CT molecular complexity index is 1190. The zero-order valence-corrected chi connectivity index (χ0v) is 21.7. The highest BCUT2D eigenvalue weighted by Gasteiger charge is 2.17. The van der Waals surface area contributed by atoms with E-state index in [1.165, 1.54) is 4.90 Å². The van der Waals surface area contributed by atoms with Crippen LogP contribution in [0.5, 0.6) is 0 Å². The molecule has 3 aromatic carbocycles. The van der Waals surface area contributed by atoms with Crippen LogP contribution in [0.3, 0.4) is 0 Å². The summed E-state index contributed by atoms with van der Waals surface area (Å²) >= 11 is 3.36. The van der Waals surface area contributed by atoms with Crippen molar-refractivity contribution in [3.63, 3.8) is 0 Å². The molecule has 0 bridgehead atoms. The lowest BCUT2D eigenvalue weighted by atomic mass is 10.1. The maximum absolute atomic E-state index is 12.9. The van der Waals surface area contributed by atoms with Crippen molar-refractivity contribution < 1.29 is 19.1 Å². The van der Waals surface area contributed by atoms with Gasteiger partial charge in [0, 0.05) is 40.6 Å². The first-order valence-electron chi connectivity index (χ1n) is 11.0. The highest BCUT2D eigenvalue weighted by molar-refractivity contribution is 9.10. The molecule has 35 heavy (non-hydrogen) atoms. The summed E-state index contributed by atoms with van der Waals surface area (Å²) in [6, 6.07) is 21.1. The normalized spacial score (nSPS) is 10.9. The molecule has 0 atom stereocenters. The zero-order valence-electron chi connectivity index (χ0n) is 20.1. The molecule has 3 amide bonds. The van der Waals surface area contributed by atoms with Crippen molar-refractivity contribution in [2.75, 3.05) is 17.3 Å². The van der Waals surface area contributed by atoms with E-state index in [1.54, 1.807) is 64.2 Å². The summed E-state index contributed by atoms with van der Waals surface area (Å²) in [4.78, 5) is 38.7. The fourth-order valence-electron chi connectivity index (χ4n) is 3.14. The second-order valence-electron chi connectivity index (χ2n) is 8.92. The van der Waals surface area contributed by atoms with Crippen LogP contribution >= 0.6 is 15.9 Å². The van der Waals surface area contributed by atoms with Crippen LogP contribution in [0.4, 0.5) is 16.2 Å². The van der Waals surface area contributed by atoms with Gasteiger partial charge in [-0.2, -0.15) is 0 Å². The van der Waals surface area contributed by atoms with E-state index in [9.17, 15) is 14.4 Å². The standard InChI is InChI=1S/C27H28BrN3O4/c1-27(2,3)35-26(34)29-17-18-5-15-23(16-6-18)31(4)25(33)20-9-7-19(8-10-20)24(32)30-22-13-11-21(28)12-14-22/h5-16H,17H2,1-4H3,(H,29,34)(H,30,32). The molecule has 0 aliphatic heterocycles. The van der Waals surface area contributed by atoms with E-state index in [0.717, 1.165) is 10.0 Å². The van der Waals surface area contributed by atoms with Gasteiger partial charge < -0.3 is 20.3 Å². The van der Waals surface area contributed by atoms with E-state index in [0.29, 0.717) is 29.0 Å². The lowest BCUT2D eigenvalue weighted by Gasteiger charge is -2.20. The molecule has 0 saturated heterocycles. The Labute approximate surface area is 213 Å². The maximum Gasteiger partial charge on any atom is 0.407 e. The number of nitrogens with zero attached hydrogens (tertiary/aromatic N) is 1. The van der Waals surface area contributed by atoms with Gasteiger partial charge in [-0.3, -0.25) is 9.59 Å². The number of hydrogen-bond donors (Lipinski definition) is 2. The summed E-state index contributed by atoms with van der Waals surface area (Å²) < 4.78 is 6.15. The summed E-state index contributed by atoms with van der Waals surface area (Å²) in [5.41, 5.74) is 2.62. The molecule has 0 aliphatic carbocycles. The molecule has 3 aromatic rings. The number of amides is 3. The Morgan fingerprint density at radius 2 is 1.43 bits per heavy atom. The van der Waals surface area contributed by atoms with Crippen molar-refractivity contribution in [3.8, 4) is 0 Å². The summed E-state index contributed by atoms with van der Waals surface area (Å²) in [7, 11) is 1.68. The van der Waals surface area contributed by atoms with Crippen LogP contribution in [-0.4, -0.2) is 30.6 Å². The molecule has 0 saturated carbocycles. The van der Waals surface area contributed by atoms with Crippen LogP contribution in [0.25, 0.3) is 0 Å². The molecule has 0 aromatic heterocycles. The highest BCUT2D eigenvalue weighted by atomic mass is 79.9. The molecule has 2 N–H and O–H groups in total. The van der Waals surface area contributed by atoms with Crippen molar-refractivity contribution >= 4 is 45.2 Å². The molecule has 0 radical (unpaired) electrons. The minimum Gasteiger partial charge on any atom is -0.444 e. The van der Waals surface area contributed by atoms with Gasteiger partial charge in [-0.1, -0.05) is 28.1 Å². The number of hydrogen-bond acceptors (Lipinski definition) is 4. The van der Waals surface area contributed by atoms with Crippen LogP contribution in [0.15, 0.2) is 77.3 Å². The van der Waals surface area contributed by atoms with Crippen LogP contribution < -0.4 is 15.5 Å². The van der Waals surface area contributed by atoms with E-state index < -0.39 is 11.7 Å². The number of ether oxygens (including phenoxy) is 1. The minimum atomic E-state index is -0.557. The van der Waals surface area contributed by atoms with Crippen molar-refractivity contribution in [1.29, 1.82) is 0 Å². The summed E-state index contributed by atoms with van der Waals surface area (Å²) in [5.74, 6) is -0.459. The molecule has 0 fully saturated rings. The Kier molecular flexibility index (Phi) is 8.30. The van der Waals surface area contributed by atoms with E-state index in [2.05, 4.69) is 26.6 Å². The van der Waals surface area contributed by atoms with E-state index in [1.807, 2.05) is 36.4 Å². The molecule has 182 valence electrons. The van der Waals surface area contributed by atoms with Crippen LogP contribution in [-0.2, 0) is 11.3 Å². The Balaban J connectivity index is 1.58. The fraction of sp³-hybridized carbons (Fsp3) is 0.222. The first-order chi connectivity index (χ1) is 16.5. The quantitative estimate of drug-likeness (QED) is 0.403. The van der Waals surface area contributed by atoms with Gasteiger partial charge in [-0.25, -0.2) is 4.79 Å². The first kappa shape index (κ1) is 26.0. The minimum absolute atomic E-state index is 0.204. The molecular formula is C27H28BrN3O4. The van der Waals surface area contributed by atoms with Gasteiger partial charge in [-0.15, -0.1) is 0 Å². The van der Waals surface area contributed by atoms with E-state index >= 15 is 0 Å². The fourth-order valence-corrected chi connectivity index (χ4v) is 3.40. The van der Waals surface area contributed by atoms with Gasteiger partial charge in [0.1, 0.15) is 5.60 Å². The van der Waals surface area contributed by atoms with E-state index in [-0.39, 0.29) is 11.8 Å². The van der Waals surface area contributed by atoms with Crippen molar-refractivity contribution in [1.82, 2.24) is 5.32 Å². The SMILES string of the molecule is CN(C(=O)c1ccc(C(=O)Nc2ccc(Br)cc2)cc1)c1ccc(CNC(=O)OC(C)(C)C)cc1. The van der Waals surface area contributed by atoms with Gasteiger partial charge in [0.2, 0.25) is 0 Å². The number of benzene rings is 3. The van der Waals surface area contributed by atoms with Gasteiger partial charge in [0.25, 0.3) is 11.8 Å². The number of halogens is 1. The Hall–Kier alpha value is -3.65. The second-order valence-corrected chi connectivity index (χ2v) is 9.84. The van der Waals surface area contributed by atoms with Gasteiger partial charge >= 0.3 is 6.09 Å². The molecule has 0 spiro atoms. The third kappa shape index (κ3) is 7.68. The molecule has 8 heteroatoms. The smallest absolute Gasteiger partial charge is 0.407 e. The van der Waals surface area contributed by atoms with Gasteiger partial charge in [0.15, 0.2) is 0 Å². The highest BCUT2D eigenvalue weighted by Crippen LogP contribution is 2.19. The summed E-state index contributed by atoms with van der Waals surface area (Å²) in [6.07, 6.45) is -0.483. The lowest BCUT2D eigenvalue weighted by Crippen LogP contribution is -2.32. The number of alkyl carbamates (subject to hydrolysis) is 1. The number of carbonyl (C=O) groups is 3. The average molecular weight is 538 g/mol. The predicted octanol–water partition coefficient (Wildman–Crippen LogP) is 6.00. The average Bonchev–Trinajstić information content (AvgIpc) is 2.82.